The SMILES string of the molecule is O=[P+](O)C(O)c1ccc(F)cc1. The van der Waals surface area contributed by atoms with Crippen molar-refractivity contribution in [3.05, 3.63) is 35.6 Å². The zero-order valence-electron chi connectivity index (χ0n) is 6.01. The van der Waals surface area contributed by atoms with Crippen molar-refractivity contribution < 1.29 is 19.0 Å². The Balaban J connectivity index is 2.89. The fourth-order valence-corrected chi connectivity index (χ4v) is 1.19. The molecular formula is C7H7FO3P+. The lowest BCUT2D eigenvalue weighted by atomic mass is 10.2. The standard InChI is InChI=1S/C7H6FO3P/c8-6-3-1-5(2-4-6)7(9)12(10)11/h1-4,7,9H/p+1. The van der Waals surface area contributed by atoms with Crippen LogP contribution < -0.4 is 0 Å². The van der Waals surface area contributed by atoms with Gasteiger partial charge in [0.1, 0.15) is 5.82 Å². The predicted octanol–water partition coefficient (Wildman–Crippen LogP) is 1.55. The van der Waals surface area contributed by atoms with E-state index in [0.29, 0.717) is 0 Å². The molecule has 0 radical (unpaired) electrons. The van der Waals surface area contributed by atoms with Gasteiger partial charge in [0.05, 0.1) is 0 Å². The summed E-state index contributed by atoms with van der Waals surface area (Å²) in [5, 5.41) is 9.03. The maximum Gasteiger partial charge on any atom is 0.542 e. The molecule has 12 heavy (non-hydrogen) atoms. The van der Waals surface area contributed by atoms with E-state index in [2.05, 4.69) is 0 Å². The van der Waals surface area contributed by atoms with E-state index >= 15 is 0 Å². The minimum absolute atomic E-state index is 0.236. The predicted molar refractivity (Wildman–Crippen MR) is 41.2 cm³/mol. The van der Waals surface area contributed by atoms with Gasteiger partial charge in [0.15, 0.2) is 0 Å². The van der Waals surface area contributed by atoms with Gasteiger partial charge >= 0.3 is 13.9 Å². The number of benzene rings is 1. The number of hydrogen-bond donors (Lipinski definition) is 2. The first kappa shape index (κ1) is 9.26. The minimum Gasteiger partial charge on any atom is -0.345 e. The Labute approximate surface area is 69.3 Å². The van der Waals surface area contributed by atoms with Crippen molar-refractivity contribution in [1.29, 1.82) is 0 Å². The molecule has 0 spiro atoms. The molecular weight excluding hydrogens is 182 g/mol. The van der Waals surface area contributed by atoms with Crippen molar-refractivity contribution in [2.24, 2.45) is 0 Å². The molecule has 0 aliphatic rings. The first-order chi connectivity index (χ1) is 5.61. The molecule has 2 unspecified atom stereocenters. The summed E-state index contributed by atoms with van der Waals surface area (Å²) in [5.74, 6) is -1.88. The van der Waals surface area contributed by atoms with Gasteiger partial charge in [-0.05, 0) is 28.8 Å². The van der Waals surface area contributed by atoms with Crippen LogP contribution in [-0.4, -0.2) is 10.00 Å². The third-order valence-electron chi connectivity index (χ3n) is 1.38. The molecule has 1 aromatic rings. The molecule has 5 heteroatoms. The van der Waals surface area contributed by atoms with Gasteiger partial charge in [0.25, 0.3) is 0 Å². The molecule has 0 saturated heterocycles. The van der Waals surface area contributed by atoms with Gasteiger partial charge in [-0.2, -0.15) is 4.89 Å². The largest absolute Gasteiger partial charge is 0.542 e. The van der Waals surface area contributed by atoms with E-state index in [1.165, 1.54) is 12.1 Å². The highest BCUT2D eigenvalue weighted by Gasteiger charge is 2.27. The minimum atomic E-state index is -2.66. The third kappa shape index (κ3) is 2.08. The van der Waals surface area contributed by atoms with E-state index < -0.39 is 19.7 Å². The molecule has 2 atom stereocenters. The van der Waals surface area contributed by atoms with Crippen molar-refractivity contribution >= 4 is 8.03 Å². The zero-order chi connectivity index (χ0) is 9.14. The lowest BCUT2D eigenvalue weighted by Crippen LogP contribution is -1.90. The van der Waals surface area contributed by atoms with Crippen LogP contribution in [0, 0.1) is 5.82 Å². The summed E-state index contributed by atoms with van der Waals surface area (Å²) >= 11 is 0. The smallest absolute Gasteiger partial charge is 0.345 e. The molecule has 0 fully saturated rings. The summed E-state index contributed by atoms with van der Waals surface area (Å²) in [6, 6.07) is 4.78. The van der Waals surface area contributed by atoms with Crippen LogP contribution >= 0.6 is 8.03 Å². The van der Waals surface area contributed by atoms with Crippen LogP contribution in [0.1, 0.15) is 11.4 Å². The van der Waals surface area contributed by atoms with E-state index in [9.17, 15) is 8.96 Å². The second-order valence-electron chi connectivity index (χ2n) is 2.23. The van der Waals surface area contributed by atoms with Crippen LogP contribution in [0.15, 0.2) is 24.3 Å². The third-order valence-corrected chi connectivity index (χ3v) is 2.09. The molecule has 1 rings (SSSR count). The zero-order valence-corrected chi connectivity index (χ0v) is 6.91. The highest BCUT2D eigenvalue weighted by molar-refractivity contribution is 7.38. The van der Waals surface area contributed by atoms with Gasteiger partial charge in [-0.3, -0.25) is 0 Å². The van der Waals surface area contributed by atoms with Crippen LogP contribution in [0.5, 0.6) is 0 Å². The van der Waals surface area contributed by atoms with Gasteiger partial charge < -0.3 is 5.11 Å². The summed E-state index contributed by atoms with van der Waals surface area (Å²) in [5.41, 5.74) is 0.236. The number of rotatable bonds is 2. The number of aliphatic hydroxyl groups excluding tert-OH is 1. The number of hydrogen-bond acceptors (Lipinski definition) is 2. The van der Waals surface area contributed by atoms with Gasteiger partial charge in [0.2, 0.25) is 0 Å². The van der Waals surface area contributed by atoms with E-state index in [4.69, 9.17) is 10.00 Å². The molecule has 0 aromatic heterocycles. The van der Waals surface area contributed by atoms with Crippen molar-refractivity contribution in [3.63, 3.8) is 0 Å². The molecule has 3 nitrogen and oxygen atoms in total. The molecule has 1 aromatic carbocycles. The Hall–Kier alpha value is -0.830. The molecule has 0 heterocycles. The van der Waals surface area contributed by atoms with Gasteiger partial charge in [0, 0.05) is 5.56 Å². The van der Waals surface area contributed by atoms with E-state index in [1.807, 2.05) is 0 Å². The Kier molecular flexibility index (Phi) is 2.87. The van der Waals surface area contributed by atoms with Crippen molar-refractivity contribution in [2.45, 2.75) is 5.85 Å². The van der Waals surface area contributed by atoms with Gasteiger partial charge in [-0.1, -0.05) is 0 Å². The summed E-state index contributed by atoms with van der Waals surface area (Å²) in [6.07, 6.45) is 0. The maximum absolute atomic E-state index is 12.3. The highest BCUT2D eigenvalue weighted by Crippen LogP contribution is 2.34. The van der Waals surface area contributed by atoms with Crippen molar-refractivity contribution in [3.8, 4) is 0 Å². The van der Waals surface area contributed by atoms with Crippen molar-refractivity contribution in [2.75, 3.05) is 0 Å². The second-order valence-corrected chi connectivity index (χ2v) is 3.32. The average molecular weight is 189 g/mol. The molecule has 0 aliphatic heterocycles. The molecule has 0 aliphatic carbocycles. The molecule has 64 valence electrons. The maximum atomic E-state index is 12.3. The van der Waals surface area contributed by atoms with Gasteiger partial charge in [-0.15, -0.1) is 0 Å². The highest BCUT2D eigenvalue weighted by atomic mass is 31.1. The quantitative estimate of drug-likeness (QED) is 0.694. The fourth-order valence-electron chi connectivity index (χ4n) is 0.762. The lowest BCUT2D eigenvalue weighted by Gasteiger charge is -1.96. The fraction of sp³-hybridized carbons (Fsp3) is 0.143. The Bertz CT molecular complexity index is 285. The summed E-state index contributed by atoms with van der Waals surface area (Å²) < 4.78 is 22.7. The first-order valence-electron chi connectivity index (χ1n) is 3.20. The second kappa shape index (κ2) is 3.72. The van der Waals surface area contributed by atoms with Crippen molar-refractivity contribution in [1.82, 2.24) is 0 Å². The van der Waals surface area contributed by atoms with Crippen LogP contribution in [-0.2, 0) is 4.57 Å². The van der Waals surface area contributed by atoms with Crippen LogP contribution in [0.3, 0.4) is 0 Å². The molecule has 2 N–H and O–H groups in total. The lowest BCUT2D eigenvalue weighted by molar-refractivity contribution is 0.243. The average Bonchev–Trinajstić information content (AvgIpc) is 2.04. The summed E-state index contributed by atoms with van der Waals surface area (Å²) in [4.78, 5) is 8.51. The van der Waals surface area contributed by atoms with E-state index in [0.717, 1.165) is 12.1 Å². The van der Waals surface area contributed by atoms with E-state index in [-0.39, 0.29) is 5.56 Å². The number of aliphatic hydroxyl groups is 1. The molecule has 0 amide bonds. The molecule has 0 bridgehead atoms. The number of halogens is 1. The Morgan fingerprint density at radius 3 is 2.25 bits per heavy atom. The summed E-state index contributed by atoms with van der Waals surface area (Å²) in [6.45, 7) is 0. The van der Waals surface area contributed by atoms with E-state index in [1.54, 1.807) is 0 Å². The summed E-state index contributed by atoms with van der Waals surface area (Å²) in [7, 11) is -2.66. The van der Waals surface area contributed by atoms with Gasteiger partial charge in [-0.25, -0.2) is 4.39 Å². The monoisotopic (exact) mass is 189 g/mol. The van der Waals surface area contributed by atoms with Crippen LogP contribution in [0.25, 0.3) is 0 Å². The first-order valence-corrected chi connectivity index (χ1v) is 4.48. The normalized spacial score (nSPS) is 14.1. The van der Waals surface area contributed by atoms with Crippen LogP contribution in [0.4, 0.5) is 4.39 Å². The molecule has 0 saturated carbocycles. The Morgan fingerprint density at radius 1 is 1.33 bits per heavy atom. The topological polar surface area (TPSA) is 57.5 Å². The Morgan fingerprint density at radius 2 is 1.83 bits per heavy atom. The van der Waals surface area contributed by atoms with Crippen LogP contribution in [0.2, 0.25) is 0 Å².